The highest BCUT2D eigenvalue weighted by molar-refractivity contribution is 7.52. The van der Waals surface area contributed by atoms with E-state index in [2.05, 4.69) is 33.5 Å². The van der Waals surface area contributed by atoms with Gasteiger partial charge >= 0.3 is 19.8 Å². The van der Waals surface area contributed by atoms with Crippen LogP contribution in [0.4, 0.5) is 19.0 Å². The standard InChI is InChI=1S/C43H58F3N6O7P/c1-3-5-6-7-8-9-10-11-12-13-14-15-16-20-23-56-41(54)35(26-31-24-32(44)27-33(45)25-31)51-60(55,59-34-21-18-17-19-22-34)57-29-43(4-2)36(53)28-37(58-43)52-30-48-38-39(47)49-42(46)50-40(38)52/h4,17-19,21-22,24-25,27,30,35-37,53H,2-3,5-16,20,23,26,28-29H2,1H3,(H,51,55)(H2,47,49,50)/t35-,36-,37+,43+,60?/m0/s1. The quantitative estimate of drug-likeness (QED) is 0.0171. The summed E-state index contributed by atoms with van der Waals surface area (Å²) in [4.78, 5) is 25.1. The summed E-state index contributed by atoms with van der Waals surface area (Å²) in [5.41, 5.74) is 4.33. The van der Waals surface area contributed by atoms with E-state index in [1.54, 1.807) is 18.2 Å². The number of hydrogen-bond acceptors (Lipinski definition) is 11. The number of ether oxygens (including phenoxy) is 2. The van der Waals surface area contributed by atoms with Crippen LogP contribution in [-0.4, -0.2) is 61.6 Å². The second-order valence-corrected chi connectivity index (χ2v) is 17.0. The minimum absolute atomic E-state index is 0.0157. The number of anilines is 1. The summed E-state index contributed by atoms with van der Waals surface area (Å²) in [6.07, 6.45) is 15.0. The van der Waals surface area contributed by atoms with Crippen molar-refractivity contribution in [3.63, 3.8) is 0 Å². The van der Waals surface area contributed by atoms with E-state index in [0.29, 0.717) is 12.5 Å². The van der Waals surface area contributed by atoms with Gasteiger partial charge in [-0.25, -0.2) is 18.3 Å². The fourth-order valence-corrected chi connectivity index (χ4v) is 8.77. The number of hydrogen-bond donors (Lipinski definition) is 3. The van der Waals surface area contributed by atoms with Crippen LogP contribution in [0.2, 0.25) is 0 Å². The first kappa shape index (κ1) is 46.7. The second kappa shape index (κ2) is 23.0. The zero-order chi connectivity index (χ0) is 43.0. The number of benzene rings is 2. The maximum atomic E-state index is 14.7. The van der Waals surface area contributed by atoms with E-state index in [9.17, 15) is 27.6 Å². The van der Waals surface area contributed by atoms with Gasteiger partial charge in [0.05, 0.1) is 25.6 Å². The van der Waals surface area contributed by atoms with Crippen molar-refractivity contribution in [1.29, 1.82) is 0 Å². The number of aliphatic hydroxyl groups excluding tert-OH is 1. The molecule has 2 aromatic heterocycles. The topological polar surface area (TPSA) is 173 Å². The van der Waals surface area contributed by atoms with Crippen LogP contribution in [0, 0.1) is 17.7 Å². The zero-order valence-corrected chi connectivity index (χ0v) is 35.2. The van der Waals surface area contributed by atoms with Crippen molar-refractivity contribution in [3.05, 3.63) is 90.8 Å². The molecule has 3 heterocycles. The number of aromatic nitrogens is 4. The molecule has 5 rings (SSSR count). The van der Waals surface area contributed by atoms with Crippen LogP contribution in [0.25, 0.3) is 11.2 Å². The van der Waals surface area contributed by atoms with Crippen molar-refractivity contribution in [2.24, 2.45) is 0 Å². The summed E-state index contributed by atoms with van der Waals surface area (Å²) in [5.74, 6) is -2.66. The van der Waals surface area contributed by atoms with Crippen molar-refractivity contribution >= 4 is 30.7 Å². The lowest BCUT2D eigenvalue weighted by atomic mass is 9.98. The molecule has 60 heavy (non-hydrogen) atoms. The minimum atomic E-state index is -4.64. The molecule has 0 aliphatic carbocycles. The normalized spacial score (nSPS) is 19.3. The maximum Gasteiger partial charge on any atom is 0.459 e. The lowest BCUT2D eigenvalue weighted by Gasteiger charge is -2.31. The molecule has 17 heteroatoms. The molecule has 2 aromatic carbocycles. The van der Waals surface area contributed by atoms with E-state index in [4.69, 9.17) is 24.3 Å². The number of nitrogens with two attached hydrogens (primary N) is 1. The molecule has 4 aromatic rings. The van der Waals surface area contributed by atoms with Crippen LogP contribution in [-0.2, 0) is 29.8 Å². The second-order valence-electron chi connectivity index (χ2n) is 15.3. The number of halogens is 3. The molecule has 0 bridgehead atoms. The highest BCUT2D eigenvalue weighted by Gasteiger charge is 2.49. The fourth-order valence-electron chi connectivity index (χ4n) is 7.24. The average Bonchev–Trinajstić information content (AvgIpc) is 3.79. The van der Waals surface area contributed by atoms with Gasteiger partial charge < -0.3 is 24.8 Å². The number of fused-ring (bicyclic) bond motifs is 1. The van der Waals surface area contributed by atoms with E-state index in [1.165, 1.54) is 86.9 Å². The Bertz CT molecular complexity index is 2010. The number of esters is 1. The number of imidazole rings is 1. The lowest BCUT2D eigenvalue weighted by molar-refractivity contribution is -0.146. The minimum Gasteiger partial charge on any atom is -0.465 e. The number of rotatable bonds is 27. The number of unbranched alkanes of at least 4 members (excludes halogenated alkanes) is 13. The zero-order valence-electron chi connectivity index (χ0n) is 34.3. The van der Waals surface area contributed by atoms with E-state index >= 15 is 0 Å². The molecule has 1 saturated heterocycles. The first-order valence-electron chi connectivity index (χ1n) is 21.0. The first-order valence-corrected chi connectivity index (χ1v) is 22.5. The van der Waals surface area contributed by atoms with Gasteiger partial charge in [0.25, 0.3) is 0 Å². The van der Waals surface area contributed by atoms with Gasteiger partial charge in [-0.15, -0.1) is 6.58 Å². The number of nitrogens with one attached hydrogen (secondary N) is 1. The molecule has 0 amide bonds. The Morgan fingerprint density at radius 3 is 2.23 bits per heavy atom. The number of para-hydroxylation sites is 1. The third-order valence-electron chi connectivity index (χ3n) is 10.6. The van der Waals surface area contributed by atoms with Gasteiger partial charge in [0.15, 0.2) is 17.0 Å². The van der Waals surface area contributed by atoms with Crippen LogP contribution < -0.4 is 15.3 Å². The molecule has 1 fully saturated rings. The Labute approximate surface area is 349 Å². The largest absolute Gasteiger partial charge is 0.465 e. The van der Waals surface area contributed by atoms with E-state index in [-0.39, 0.29) is 47.7 Å². The number of carbonyl (C=O) groups is 1. The molecule has 1 aliphatic heterocycles. The third-order valence-corrected chi connectivity index (χ3v) is 12.1. The summed E-state index contributed by atoms with van der Waals surface area (Å²) >= 11 is 0. The average molecular weight is 859 g/mol. The highest BCUT2D eigenvalue weighted by atomic mass is 31.2. The van der Waals surface area contributed by atoms with Crippen LogP contribution in [0.1, 0.15) is 115 Å². The highest BCUT2D eigenvalue weighted by Crippen LogP contribution is 2.48. The fraction of sp³-hybridized carbons (Fsp3) is 0.535. The van der Waals surface area contributed by atoms with Gasteiger partial charge in [-0.2, -0.15) is 19.4 Å². The van der Waals surface area contributed by atoms with Crippen molar-refractivity contribution in [1.82, 2.24) is 24.6 Å². The van der Waals surface area contributed by atoms with Crippen LogP contribution in [0.15, 0.2) is 67.5 Å². The first-order chi connectivity index (χ1) is 28.9. The molecule has 328 valence electrons. The van der Waals surface area contributed by atoms with Gasteiger partial charge in [-0.3, -0.25) is 13.9 Å². The van der Waals surface area contributed by atoms with Gasteiger partial charge in [0.2, 0.25) is 0 Å². The molecule has 0 spiro atoms. The summed E-state index contributed by atoms with van der Waals surface area (Å²) in [7, 11) is -4.64. The number of nitrogen functional groups attached to an aromatic ring is 1. The molecule has 5 atom stereocenters. The third kappa shape index (κ3) is 13.6. The van der Waals surface area contributed by atoms with Crippen LogP contribution in [0.5, 0.6) is 5.75 Å². The monoisotopic (exact) mass is 858 g/mol. The van der Waals surface area contributed by atoms with Gasteiger partial charge in [-0.1, -0.05) is 115 Å². The molecular weight excluding hydrogens is 800 g/mol. The molecule has 1 unspecified atom stereocenters. The Kier molecular flexibility index (Phi) is 17.9. The van der Waals surface area contributed by atoms with E-state index in [0.717, 1.165) is 37.8 Å². The molecular formula is C43H58F3N6O7P. The summed E-state index contributed by atoms with van der Waals surface area (Å²) in [6, 6.07) is 9.35. The SMILES string of the molecule is C=C[C@]1(COP(=O)(N[C@@H](Cc2cc(F)cc(F)c2)C(=O)OCCCCCCCCCCCCCCCC)Oc2ccccc2)O[C@@H](n2cnc3c(N)nc(F)nc32)C[C@@H]1O. The maximum absolute atomic E-state index is 14.7. The van der Waals surface area contributed by atoms with Crippen LogP contribution in [0.3, 0.4) is 0 Å². The lowest BCUT2D eigenvalue weighted by Crippen LogP contribution is -2.44. The Morgan fingerprint density at radius 2 is 1.62 bits per heavy atom. The van der Waals surface area contributed by atoms with Gasteiger partial charge in [0, 0.05) is 12.5 Å². The molecule has 13 nitrogen and oxygen atoms in total. The number of nitrogens with zero attached hydrogens (tertiary/aromatic N) is 4. The van der Waals surface area contributed by atoms with Crippen molar-refractivity contribution in [3.8, 4) is 5.75 Å². The predicted molar refractivity (Wildman–Crippen MR) is 222 cm³/mol. The van der Waals surface area contributed by atoms with Gasteiger partial charge in [0.1, 0.15) is 35.3 Å². The Balaban J connectivity index is 1.23. The van der Waals surface area contributed by atoms with Crippen LogP contribution >= 0.6 is 7.75 Å². The van der Waals surface area contributed by atoms with Crippen molar-refractivity contribution in [2.45, 2.75) is 134 Å². The summed E-state index contributed by atoms with van der Waals surface area (Å²) in [5, 5.41) is 14.0. The van der Waals surface area contributed by atoms with Gasteiger partial charge in [-0.05, 0) is 42.7 Å². The Morgan fingerprint density at radius 1 is 1.00 bits per heavy atom. The number of aliphatic hydroxyl groups is 1. The molecule has 4 N–H and O–H groups in total. The molecule has 0 saturated carbocycles. The van der Waals surface area contributed by atoms with Crippen molar-refractivity contribution < 1.29 is 46.2 Å². The summed E-state index contributed by atoms with van der Waals surface area (Å²) < 4.78 is 82.5. The van der Waals surface area contributed by atoms with Crippen molar-refractivity contribution in [2.75, 3.05) is 18.9 Å². The Hall–Kier alpha value is -4.34. The molecule has 1 aliphatic rings. The number of carbonyl (C=O) groups excluding carboxylic acids is 1. The predicted octanol–water partition coefficient (Wildman–Crippen LogP) is 9.46. The van der Waals surface area contributed by atoms with E-state index < -0.39 is 62.0 Å². The van der Waals surface area contributed by atoms with E-state index in [1.807, 2.05) is 0 Å². The smallest absolute Gasteiger partial charge is 0.459 e. The summed E-state index contributed by atoms with van der Waals surface area (Å²) in [6.45, 7) is 5.49. The molecule has 0 radical (unpaired) electrons.